The van der Waals surface area contributed by atoms with Gasteiger partial charge in [-0.2, -0.15) is 0 Å². The zero-order chi connectivity index (χ0) is 18.5. The van der Waals surface area contributed by atoms with Gasteiger partial charge in [-0.25, -0.2) is 0 Å². The Labute approximate surface area is 155 Å². The zero-order valence-corrected chi connectivity index (χ0v) is 16.4. The van der Waals surface area contributed by atoms with Gasteiger partial charge in [0.1, 0.15) is 11.4 Å². The third-order valence-corrected chi connectivity index (χ3v) is 5.46. The summed E-state index contributed by atoms with van der Waals surface area (Å²) in [5.74, 6) is 0.988. The molecule has 0 bridgehead atoms. The second-order valence-electron chi connectivity index (χ2n) is 8.02. The highest BCUT2D eigenvalue weighted by Crippen LogP contribution is 2.40. The molecule has 3 aromatic rings. The van der Waals surface area contributed by atoms with Crippen molar-refractivity contribution in [1.29, 1.82) is 0 Å². The Morgan fingerprint density at radius 3 is 2.73 bits per heavy atom. The van der Waals surface area contributed by atoms with Crippen LogP contribution in [0.4, 0.5) is 0 Å². The van der Waals surface area contributed by atoms with Gasteiger partial charge in [-0.3, -0.25) is 0 Å². The van der Waals surface area contributed by atoms with Crippen LogP contribution in [0.3, 0.4) is 0 Å². The maximum absolute atomic E-state index is 6.45. The molecular formula is C24H27NO. The van der Waals surface area contributed by atoms with E-state index in [-0.39, 0.29) is 5.60 Å². The Morgan fingerprint density at radius 2 is 1.96 bits per heavy atom. The molecular weight excluding hydrogens is 318 g/mol. The first-order chi connectivity index (χ1) is 12.4. The van der Waals surface area contributed by atoms with Gasteiger partial charge in [-0.15, -0.1) is 0 Å². The maximum Gasteiger partial charge on any atom is 0.129 e. The number of fused-ring (bicyclic) bond motifs is 5. The van der Waals surface area contributed by atoms with Crippen molar-refractivity contribution in [2.75, 3.05) is 0 Å². The van der Waals surface area contributed by atoms with Crippen molar-refractivity contribution in [2.24, 2.45) is 7.05 Å². The van der Waals surface area contributed by atoms with E-state index >= 15 is 0 Å². The molecule has 134 valence electrons. The second-order valence-corrected chi connectivity index (χ2v) is 8.02. The molecule has 0 saturated carbocycles. The van der Waals surface area contributed by atoms with Gasteiger partial charge in [0, 0.05) is 28.9 Å². The quantitative estimate of drug-likeness (QED) is 0.491. The predicted molar refractivity (Wildman–Crippen MR) is 112 cm³/mol. The van der Waals surface area contributed by atoms with E-state index in [1.54, 1.807) is 0 Å². The van der Waals surface area contributed by atoms with Gasteiger partial charge < -0.3 is 9.30 Å². The van der Waals surface area contributed by atoms with Gasteiger partial charge in [0.25, 0.3) is 0 Å². The molecule has 26 heavy (non-hydrogen) atoms. The smallest absolute Gasteiger partial charge is 0.129 e. The van der Waals surface area contributed by atoms with E-state index in [4.69, 9.17) is 4.74 Å². The number of ether oxygens (including phenoxy) is 1. The van der Waals surface area contributed by atoms with Crippen LogP contribution in [0, 0.1) is 6.92 Å². The first-order valence-corrected chi connectivity index (χ1v) is 9.41. The number of aryl methyl sites for hydroxylation is 2. The Hall–Kier alpha value is -2.48. The summed E-state index contributed by atoms with van der Waals surface area (Å²) in [7, 11) is 2.15. The zero-order valence-electron chi connectivity index (χ0n) is 16.4. The first-order valence-electron chi connectivity index (χ1n) is 9.41. The molecule has 0 saturated heterocycles. The molecule has 0 spiro atoms. The largest absolute Gasteiger partial charge is 0.483 e. The van der Waals surface area contributed by atoms with Crippen LogP contribution in [-0.4, -0.2) is 10.2 Å². The van der Waals surface area contributed by atoms with Crippen LogP contribution in [0.1, 0.15) is 44.7 Å². The Morgan fingerprint density at radius 1 is 1.15 bits per heavy atom. The Bertz CT molecular complexity index is 1060. The van der Waals surface area contributed by atoms with Gasteiger partial charge in [0.2, 0.25) is 0 Å². The second kappa shape index (κ2) is 6.05. The Kier molecular flexibility index (Phi) is 3.95. The molecule has 1 atom stereocenters. The minimum Gasteiger partial charge on any atom is -0.483 e. The van der Waals surface area contributed by atoms with Crippen LogP contribution in [0.2, 0.25) is 0 Å². The lowest BCUT2D eigenvalue weighted by Crippen LogP contribution is -2.31. The topological polar surface area (TPSA) is 14.2 Å². The lowest BCUT2D eigenvalue weighted by Gasteiger charge is -2.32. The number of nitrogens with zero attached hydrogens (tertiary/aromatic N) is 1. The fourth-order valence-electron chi connectivity index (χ4n) is 4.02. The highest BCUT2D eigenvalue weighted by atomic mass is 16.5. The predicted octanol–water partition coefficient (Wildman–Crippen LogP) is 6.55. The molecule has 1 aliphatic heterocycles. The van der Waals surface area contributed by atoms with Gasteiger partial charge >= 0.3 is 0 Å². The van der Waals surface area contributed by atoms with Crippen LogP contribution in [0.25, 0.3) is 27.9 Å². The van der Waals surface area contributed by atoms with E-state index in [0.29, 0.717) is 0 Å². The molecule has 4 rings (SSSR count). The van der Waals surface area contributed by atoms with Crippen molar-refractivity contribution in [3.05, 3.63) is 59.2 Å². The van der Waals surface area contributed by atoms with Gasteiger partial charge in [-0.1, -0.05) is 23.3 Å². The highest BCUT2D eigenvalue weighted by Gasteiger charge is 2.28. The molecule has 0 fully saturated rings. The molecule has 0 aliphatic carbocycles. The summed E-state index contributed by atoms with van der Waals surface area (Å²) in [5, 5.41) is 2.61. The van der Waals surface area contributed by atoms with E-state index in [1.165, 1.54) is 38.5 Å². The summed E-state index contributed by atoms with van der Waals surface area (Å²) in [5.41, 5.74) is 6.13. The van der Waals surface area contributed by atoms with Crippen LogP contribution in [0.5, 0.6) is 5.75 Å². The minimum atomic E-state index is -0.242. The third-order valence-electron chi connectivity index (χ3n) is 5.46. The van der Waals surface area contributed by atoms with Crippen LogP contribution < -0.4 is 4.74 Å². The summed E-state index contributed by atoms with van der Waals surface area (Å²) in [6.45, 7) is 8.62. The Balaban J connectivity index is 1.80. The number of aromatic nitrogens is 1. The molecule has 1 aromatic heterocycles. The van der Waals surface area contributed by atoms with Crippen LogP contribution in [0.15, 0.2) is 48.1 Å². The fraction of sp³-hybridized carbons (Fsp3) is 0.333. The SMILES string of the molecule is CC(C)=CCCC1(C)C=Cc2c(ccc3c4cc(C)ccc4n(C)c23)O1. The number of benzene rings is 2. The van der Waals surface area contributed by atoms with E-state index in [2.05, 4.69) is 87.9 Å². The molecule has 0 N–H and O–H groups in total. The molecule has 0 radical (unpaired) electrons. The highest BCUT2D eigenvalue weighted by molar-refractivity contribution is 6.11. The first kappa shape index (κ1) is 17.0. The molecule has 2 heterocycles. The average Bonchev–Trinajstić information content (AvgIpc) is 2.86. The van der Waals surface area contributed by atoms with E-state index < -0.39 is 0 Å². The summed E-state index contributed by atoms with van der Waals surface area (Å²) in [4.78, 5) is 0. The lowest BCUT2D eigenvalue weighted by atomic mass is 9.94. The molecule has 1 aliphatic rings. The number of hydrogen-bond acceptors (Lipinski definition) is 1. The monoisotopic (exact) mass is 345 g/mol. The minimum absolute atomic E-state index is 0.242. The van der Waals surface area contributed by atoms with E-state index in [1.807, 2.05) is 0 Å². The summed E-state index contributed by atoms with van der Waals surface area (Å²) >= 11 is 0. The van der Waals surface area contributed by atoms with E-state index in [9.17, 15) is 0 Å². The number of allylic oxidation sites excluding steroid dienone is 2. The van der Waals surface area contributed by atoms with Gasteiger partial charge in [0.05, 0.1) is 5.52 Å². The van der Waals surface area contributed by atoms with Gasteiger partial charge in [0.15, 0.2) is 0 Å². The maximum atomic E-state index is 6.45. The van der Waals surface area contributed by atoms with Crippen molar-refractivity contribution < 1.29 is 4.74 Å². The summed E-state index contributed by atoms with van der Waals surface area (Å²) in [6, 6.07) is 11.0. The van der Waals surface area contributed by atoms with Crippen LogP contribution >= 0.6 is 0 Å². The number of hydrogen-bond donors (Lipinski definition) is 0. The third kappa shape index (κ3) is 2.74. The van der Waals surface area contributed by atoms with Crippen molar-refractivity contribution in [3.8, 4) is 5.75 Å². The molecule has 1 unspecified atom stereocenters. The van der Waals surface area contributed by atoms with Crippen LogP contribution in [-0.2, 0) is 7.05 Å². The molecule has 0 amide bonds. The molecule has 2 heteroatoms. The fourth-order valence-corrected chi connectivity index (χ4v) is 4.02. The molecule has 2 nitrogen and oxygen atoms in total. The number of rotatable bonds is 3. The average molecular weight is 345 g/mol. The molecule has 2 aromatic carbocycles. The van der Waals surface area contributed by atoms with E-state index in [0.717, 1.165) is 18.6 Å². The summed E-state index contributed by atoms with van der Waals surface area (Å²) < 4.78 is 8.75. The lowest BCUT2D eigenvalue weighted by molar-refractivity contribution is 0.129. The summed E-state index contributed by atoms with van der Waals surface area (Å²) in [6.07, 6.45) is 8.80. The van der Waals surface area contributed by atoms with Crippen molar-refractivity contribution in [3.63, 3.8) is 0 Å². The van der Waals surface area contributed by atoms with Crippen molar-refractivity contribution in [1.82, 2.24) is 4.57 Å². The van der Waals surface area contributed by atoms with Crippen molar-refractivity contribution >= 4 is 27.9 Å². The van der Waals surface area contributed by atoms with Gasteiger partial charge in [-0.05, 0) is 77.0 Å². The standard InChI is InChI=1S/C24H27NO/c1-16(2)7-6-13-24(4)14-12-19-22(26-24)11-9-18-20-15-17(3)8-10-21(20)25(5)23(18)19/h7-12,14-15H,6,13H2,1-5H3. The van der Waals surface area contributed by atoms with Crippen molar-refractivity contribution in [2.45, 2.75) is 46.1 Å². The normalized spacial score (nSPS) is 18.8.